The molecule has 46 heavy (non-hydrogen) atoms. The topological polar surface area (TPSA) is 83.8 Å². The summed E-state index contributed by atoms with van der Waals surface area (Å²) >= 11 is 0. The van der Waals surface area contributed by atoms with E-state index in [0.29, 0.717) is 58.7 Å². The van der Waals surface area contributed by atoms with Gasteiger partial charge in [0.25, 0.3) is 5.56 Å². The number of anilines is 1. The number of nitrogens with one attached hydrogen (secondary N) is 2. The van der Waals surface area contributed by atoms with Gasteiger partial charge in [-0.1, -0.05) is 40.7 Å². The molecule has 0 unspecified atom stereocenters. The minimum Gasteiger partial charge on any atom is -0.497 e. The fourth-order valence-corrected chi connectivity index (χ4v) is 6.65. The first-order valence-electron chi connectivity index (χ1n) is 15.9. The molecule has 1 aromatic heterocycles. The lowest BCUT2D eigenvalue weighted by Gasteiger charge is -2.49. The van der Waals surface area contributed by atoms with Gasteiger partial charge in [0.05, 0.1) is 30.4 Å². The van der Waals surface area contributed by atoms with E-state index in [0.717, 1.165) is 6.42 Å². The highest BCUT2D eigenvalue weighted by atomic mass is 19.4. The number of halogens is 4. The van der Waals surface area contributed by atoms with Crippen LogP contribution in [0.2, 0.25) is 0 Å². The molecule has 1 aliphatic heterocycles. The SMILES string of the molecule is COc1ccc(CCn2cnc3cc(NC(=N[C@H]4C[C@@H](C)C(C)(C)[C@@H](C)[C@@H]4C)N4CCN[C@@H](C(F)(F)F)C4)ccc3c2=O)c(F)c1. The molecule has 8 nitrogen and oxygen atoms in total. The number of nitrogens with zero attached hydrogens (tertiary/aromatic N) is 4. The van der Waals surface area contributed by atoms with Crippen molar-refractivity contribution in [3.63, 3.8) is 0 Å². The van der Waals surface area contributed by atoms with E-state index < -0.39 is 18.0 Å². The normalized spacial score (nSPS) is 25.5. The van der Waals surface area contributed by atoms with Gasteiger partial charge in [0.15, 0.2) is 5.96 Å². The van der Waals surface area contributed by atoms with Gasteiger partial charge in [0.1, 0.15) is 17.6 Å². The van der Waals surface area contributed by atoms with Crippen molar-refractivity contribution in [2.24, 2.45) is 28.2 Å². The Morgan fingerprint density at radius 2 is 1.93 bits per heavy atom. The van der Waals surface area contributed by atoms with Crippen molar-refractivity contribution in [3.8, 4) is 5.75 Å². The summed E-state index contributed by atoms with van der Waals surface area (Å²) in [5.74, 6) is 1.38. The number of aliphatic imine (C=N–C) groups is 1. The van der Waals surface area contributed by atoms with Crippen LogP contribution in [0.15, 0.2) is 52.5 Å². The lowest BCUT2D eigenvalue weighted by molar-refractivity contribution is -0.161. The lowest BCUT2D eigenvalue weighted by atomic mass is 9.58. The molecule has 0 amide bonds. The number of fused-ring (bicyclic) bond motifs is 1. The fourth-order valence-electron chi connectivity index (χ4n) is 6.65. The number of aryl methyl sites for hydroxylation is 2. The van der Waals surface area contributed by atoms with E-state index in [9.17, 15) is 22.4 Å². The van der Waals surface area contributed by atoms with Crippen molar-refractivity contribution < 1.29 is 22.3 Å². The molecule has 2 N–H and O–H groups in total. The predicted molar refractivity (Wildman–Crippen MR) is 173 cm³/mol. The fraction of sp³-hybridized carbons (Fsp3) is 0.559. The van der Waals surface area contributed by atoms with Crippen molar-refractivity contribution in [2.75, 3.05) is 32.1 Å². The third-order valence-electron chi connectivity index (χ3n) is 10.6. The molecule has 2 heterocycles. The molecule has 250 valence electrons. The van der Waals surface area contributed by atoms with Gasteiger partial charge in [-0.25, -0.2) is 14.4 Å². The number of benzene rings is 2. The van der Waals surface area contributed by atoms with Crippen LogP contribution < -0.4 is 20.9 Å². The van der Waals surface area contributed by atoms with E-state index in [4.69, 9.17) is 9.73 Å². The number of methoxy groups -OCH3 is 1. The first kappa shape index (κ1) is 33.7. The summed E-state index contributed by atoms with van der Waals surface area (Å²) in [7, 11) is 1.47. The first-order chi connectivity index (χ1) is 21.7. The van der Waals surface area contributed by atoms with Gasteiger partial charge < -0.3 is 20.3 Å². The number of hydrogen-bond acceptors (Lipinski definition) is 5. The second kappa shape index (κ2) is 13.2. The van der Waals surface area contributed by atoms with Crippen LogP contribution in [0.1, 0.15) is 46.6 Å². The molecule has 12 heteroatoms. The minimum absolute atomic E-state index is 0.0685. The summed E-state index contributed by atoms with van der Waals surface area (Å²) in [6.07, 6.45) is -1.83. The van der Waals surface area contributed by atoms with E-state index in [1.54, 1.807) is 35.2 Å². The average molecular weight is 645 g/mol. The Kier molecular flexibility index (Phi) is 9.68. The van der Waals surface area contributed by atoms with Crippen molar-refractivity contribution in [3.05, 3.63) is 64.5 Å². The monoisotopic (exact) mass is 644 g/mol. The van der Waals surface area contributed by atoms with Crippen LogP contribution in [0.4, 0.5) is 23.2 Å². The van der Waals surface area contributed by atoms with Crippen LogP contribution in [0, 0.1) is 29.0 Å². The molecule has 2 aliphatic rings. The third kappa shape index (κ3) is 7.01. The van der Waals surface area contributed by atoms with E-state index in [1.807, 2.05) is 0 Å². The zero-order chi connectivity index (χ0) is 33.4. The number of ether oxygens (including phenoxy) is 1. The molecule has 5 atom stereocenters. The molecular formula is C34H44F4N6O2. The molecule has 0 bridgehead atoms. The number of alkyl halides is 3. The van der Waals surface area contributed by atoms with E-state index in [2.05, 4.69) is 50.2 Å². The highest BCUT2D eigenvalue weighted by molar-refractivity contribution is 5.96. The van der Waals surface area contributed by atoms with Gasteiger partial charge in [-0.15, -0.1) is 0 Å². The van der Waals surface area contributed by atoms with E-state index in [-0.39, 0.29) is 42.6 Å². The predicted octanol–water partition coefficient (Wildman–Crippen LogP) is 6.10. The molecule has 5 rings (SSSR count). The second-order valence-electron chi connectivity index (χ2n) is 13.4. The largest absolute Gasteiger partial charge is 0.497 e. The Morgan fingerprint density at radius 1 is 1.17 bits per heavy atom. The molecule has 3 aromatic rings. The highest BCUT2D eigenvalue weighted by Gasteiger charge is 2.45. The van der Waals surface area contributed by atoms with Crippen LogP contribution in [-0.4, -0.2) is 65.4 Å². The molecule has 1 saturated heterocycles. The quantitative estimate of drug-likeness (QED) is 0.192. The molecule has 1 aliphatic carbocycles. The first-order valence-corrected chi connectivity index (χ1v) is 15.9. The average Bonchev–Trinajstić information content (AvgIpc) is 3.02. The highest BCUT2D eigenvalue weighted by Crippen LogP contribution is 2.48. The summed E-state index contributed by atoms with van der Waals surface area (Å²) in [5.41, 5.74) is 1.32. The summed E-state index contributed by atoms with van der Waals surface area (Å²) in [6.45, 7) is 11.7. The number of piperazine rings is 1. The Labute approximate surface area is 267 Å². The number of guanidine groups is 1. The van der Waals surface area contributed by atoms with Crippen LogP contribution in [0.5, 0.6) is 5.75 Å². The van der Waals surface area contributed by atoms with Gasteiger partial charge in [-0.05, 0) is 65.8 Å². The number of rotatable bonds is 6. The summed E-state index contributed by atoms with van der Waals surface area (Å²) in [4.78, 5) is 24.6. The molecule has 0 spiro atoms. The zero-order valence-corrected chi connectivity index (χ0v) is 27.3. The maximum atomic E-state index is 14.4. The molecule has 2 fully saturated rings. The van der Waals surface area contributed by atoms with Crippen molar-refractivity contribution in [2.45, 2.75) is 72.3 Å². The Bertz CT molecular complexity index is 1640. The van der Waals surface area contributed by atoms with Gasteiger partial charge in [0.2, 0.25) is 0 Å². The smallest absolute Gasteiger partial charge is 0.405 e. The van der Waals surface area contributed by atoms with Gasteiger partial charge in [-0.2, -0.15) is 13.2 Å². The Morgan fingerprint density at radius 3 is 2.63 bits per heavy atom. The zero-order valence-electron chi connectivity index (χ0n) is 27.3. The van der Waals surface area contributed by atoms with Crippen molar-refractivity contribution in [1.82, 2.24) is 19.8 Å². The van der Waals surface area contributed by atoms with Crippen LogP contribution in [0.3, 0.4) is 0 Å². The Hall–Kier alpha value is -3.67. The molecule has 0 radical (unpaired) electrons. The Balaban J connectivity index is 1.41. The summed E-state index contributed by atoms with van der Waals surface area (Å²) < 4.78 is 62.2. The summed E-state index contributed by atoms with van der Waals surface area (Å²) in [6, 6.07) is 7.96. The van der Waals surface area contributed by atoms with Crippen molar-refractivity contribution in [1.29, 1.82) is 0 Å². The van der Waals surface area contributed by atoms with Gasteiger partial charge >= 0.3 is 6.18 Å². The van der Waals surface area contributed by atoms with E-state index >= 15 is 0 Å². The number of aromatic nitrogens is 2. The van der Waals surface area contributed by atoms with Gasteiger partial charge in [0, 0.05) is 37.9 Å². The maximum absolute atomic E-state index is 14.4. The summed E-state index contributed by atoms with van der Waals surface area (Å²) in [5, 5.41) is 6.28. The van der Waals surface area contributed by atoms with Gasteiger partial charge in [-0.3, -0.25) is 9.36 Å². The number of hydrogen-bond donors (Lipinski definition) is 2. The van der Waals surface area contributed by atoms with E-state index in [1.165, 1.54) is 24.1 Å². The minimum atomic E-state index is -4.39. The molecule has 1 saturated carbocycles. The maximum Gasteiger partial charge on any atom is 0.405 e. The van der Waals surface area contributed by atoms with Crippen molar-refractivity contribution >= 4 is 22.5 Å². The van der Waals surface area contributed by atoms with Crippen LogP contribution in [-0.2, 0) is 13.0 Å². The second-order valence-corrected chi connectivity index (χ2v) is 13.4. The standard InChI is InChI=1S/C34H44F4N6O2/c1-20-15-28(21(2)22(3)33(20,4)5)42-32(43-14-12-39-30(18-43)34(36,37)38)41-24-8-10-26-29(16-24)40-19-44(31(26)45)13-11-23-7-9-25(46-6)17-27(23)35/h7-10,16-17,19-22,28,30,39H,11-15,18H2,1-6H3,(H,41,42)/t20-,21+,22+,28+,30-/m1/s1. The van der Waals surface area contributed by atoms with Crippen LogP contribution in [0.25, 0.3) is 10.9 Å². The molecule has 2 aromatic carbocycles. The molecular weight excluding hydrogens is 600 g/mol. The third-order valence-corrected chi connectivity index (χ3v) is 10.6. The van der Waals surface area contributed by atoms with Crippen LogP contribution >= 0.6 is 0 Å². The lowest BCUT2D eigenvalue weighted by Crippen LogP contribution is -2.59.